The Morgan fingerprint density at radius 2 is 1.61 bits per heavy atom. The molecule has 7 nitrogen and oxygen atoms in total. The fourth-order valence-corrected chi connectivity index (χ4v) is 3.90. The Labute approximate surface area is 206 Å². The topological polar surface area (TPSA) is 88.4 Å². The first-order valence-electron chi connectivity index (χ1n) is 11.4. The van der Waals surface area contributed by atoms with Crippen LogP contribution in [0.4, 0.5) is 10.1 Å². The molecule has 2 amide bonds. The van der Waals surface area contributed by atoms with Crippen LogP contribution in [0.25, 0.3) is 16.9 Å². The van der Waals surface area contributed by atoms with Gasteiger partial charge >= 0.3 is 0 Å². The summed E-state index contributed by atoms with van der Waals surface area (Å²) in [5.41, 5.74) is 4.47. The highest BCUT2D eigenvalue weighted by molar-refractivity contribution is 6.04. The number of aromatic nitrogens is 3. The maximum Gasteiger partial charge on any atom is 0.257 e. The summed E-state index contributed by atoms with van der Waals surface area (Å²) in [4.78, 5) is 29.8. The number of nitrogens with zero attached hydrogens (tertiary/aromatic N) is 3. The Morgan fingerprint density at radius 1 is 0.889 bits per heavy atom. The molecule has 178 valence electrons. The first-order valence-corrected chi connectivity index (χ1v) is 11.4. The number of hydrogen-bond acceptors (Lipinski definition) is 4. The van der Waals surface area contributed by atoms with E-state index in [4.69, 9.17) is 0 Å². The second-order valence-electron chi connectivity index (χ2n) is 8.27. The third-order valence-electron chi connectivity index (χ3n) is 5.84. The van der Waals surface area contributed by atoms with Crippen molar-refractivity contribution in [3.63, 3.8) is 0 Å². The molecular formula is C28H22FN5O2. The quantitative estimate of drug-likeness (QED) is 0.347. The fraction of sp³-hybridized carbons (Fsp3) is 0.0714. The number of anilines is 1. The van der Waals surface area contributed by atoms with Crippen molar-refractivity contribution in [2.24, 2.45) is 0 Å². The highest BCUT2D eigenvalue weighted by Crippen LogP contribution is 2.22. The van der Waals surface area contributed by atoms with Crippen molar-refractivity contribution in [2.75, 3.05) is 5.32 Å². The zero-order chi connectivity index (χ0) is 25.1. The Balaban J connectivity index is 1.28. The van der Waals surface area contributed by atoms with E-state index in [1.165, 1.54) is 30.5 Å². The van der Waals surface area contributed by atoms with Crippen molar-refractivity contribution in [1.82, 2.24) is 19.9 Å². The Kier molecular flexibility index (Phi) is 6.23. The van der Waals surface area contributed by atoms with E-state index in [1.54, 1.807) is 22.8 Å². The SMILES string of the molecule is CC(NC(=O)c1cnn2c(-c3ccccc3)ccnc12)c1ccc(NC(=O)c2ccc(F)cc2)cc1. The van der Waals surface area contributed by atoms with Gasteiger partial charge in [-0.1, -0.05) is 42.5 Å². The van der Waals surface area contributed by atoms with Gasteiger partial charge in [0.05, 0.1) is 17.9 Å². The van der Waals surface area contributed by atoms with Gasteiger partial charge in [-0.15, -0.1) is 0 Å². The predicted octanol–water partition coefficient (Wildman–Crippen LogP) is 5.28. The number of benzene rings is 3. The molecule has 1 unspecified atom stereocenters. The van der Waals surface area contributed by atoms with Gasteiger partial charge in [0.15, 0.2) is 5.65 Å². The van der Waals surface area contributed by atoms with Crippen LogP contribution in [0, 0.1) is 5.82 Å². The van der Waals surface area contributed by atoms with Gasteiger partial charge in [0.25, 0.3) is 11.8 Å². The standard InChI is InChI=1S/C28H22FN5O2/c1-18(19-9-13-23(14-10-19)33-27(35)21-7-11-22(29)12-8-21)32-28(36)24-17-31-34-25(15-16-30-26(24)34)20-5-3-2-4-6-20/h2-18H,1H3,(H,32,36)(H,33,35). The molecule has 0 saturated heterocycles. The summed E-state index contributed by atoms with van der Waals surface area (Å²) in [6.45, 7) is 1.87. The minimum atomic E-state index is -0.400. The van der Waals surface area contributed by atoms with Crippen molar-refractivity contribution in [3.05, 3.63) is 120 Å². The molecule has 0 aliphatic carbocycles. The summed E-state index contributed by atoms with van der Waals surface area (Å²) in [5.74, 6) is -1.02. The van der Waals surface area contributed by atoms with Crippen LogP contribution in [0.3, 0.4) is 0 Å². The molecule has 0 saturated carbocycles. The van der Waals surface area contributed by atoms with Crippen molar-refractivity contribution >= 4 is 23.1 Å². The second-order valence-corrected chi connectivity index (χ2v) is 8.27. The van der Waals surface area contributed by atoms with E-state index in [-0.39, 0.29) is 17.9 Å². The second kappa shape index (κ2) is 9.79. The lowest BCUT2D eigenvalue weighted by Crippen LogP contribution is -2.26. The summed E-state index contributed by atoms with van der Waals surface area (Å²) in [5, 5.41) is 10.2. The third-order valence-corrected chi connectivity index (χ3v) is 5.84. The molecular weight excluding hydrogens is 457 g/mol. The zero-order valence-electron chi connectivity index (χ0n) is 19.4. The number of nitrogens with one attached hydrogen (secondary N) is 2. The van der Waals surface area contributed by atoms with Crippen LogP contribution < -0.4 is 10.6 Å². The van der Waals surface area contributed by atoms with Crippen LogP contribution in [0.2, 0.25) is 0 Å². The smallest absolute Gasteiger partial charge is 0.257 e. The monoisotopic (exact) mass is 479 g/mol. The van der Waals surface area contributed by atoms with Gasteiger partial charge in [-0.3, -0.25) is 9.59 Å². The zero-order valence-corrected chi connectivity index (χ0v) is 19.4. The van der Waals surface area contributed by atoms with Gasteiger partial charge in [-0.05, 0) is 55.0 Å². The summed E-state index contributed by atoms with van der Waals surface area (Å²) in [7, 11) is 0. The van der Waals surface area contributed by atoms with Crippen LogP contribution in [0.5, 0.6) is 0 Å². The lowest BCUT2D eigenvalue weighted by atomic mass is 10.1. The average Bonchev–Trinajstić information content (AvgIpc) is 3.34. The largest absolute Gasteiger partial charge is 0.345 e. The number of carbonyl (C=O) groups excluding carboxylic acids is 2. The number of fused-ring (bicyclic) bond motifs is 1. The normalized spacial score (nSPS) is 11.7. The molecule has 5 rings (SSSR count). The van der Waals surface area contributed by atoms with Crippen molar-refractivity contribution < 1.29 is 14.0 Å². The molecule has 3 aromatic carbocycles. The summed E-state index contributed by atoms with van der Waals surface area (Å²) in [6, 6.07) is 23.8. The fourth-order valence-electron chi connectivity index (χ4n) is 3.90. The molecule has 2 aromatic heterocycles. The number of rotatable bonds is 6. The Hall–Kier alpha value is -4.85. The summed E-state index contributed by atoms with van der Waals surface area (Å²) < 4.78 is 14.7. The third kappa shape index (κ3) is 4.69. The highest BCUT2D eigenvalue weighted by Gasteiger charge is 2.18. The van der Waals surface area contributed by atoms with Gasteiger partial charge in [0.2, 0.25) is 0 Å². The lowest BCUT2D eigenvalue weighted by molar-refractivity contribution is 0.0940. The summed E-state index contributed by atoms with van der Waals surface area (Å²) in [6.07, 6.45) is 3.18. The maximum atomic E-state index is 13.1. The van der Waals surface area contributed by atoms with Gasteiger partial charge in [-0.25, -0.2) is 13.9 Å². The first-order chi connectivity index (χ1) is 17.5. The van der Waals surface area contributed by atoms with Crippen LogP contribution in [-0.2, 0) is 0 Å². The molecule has 5 aromatic rings. The van der Waals surface area contributed by atoms with E-state index in [0.29, 0.717) is 22.5 Å². The van der Waals surface area contributed by atoms with E-state index < -0.39 is 5.82 Å². The molecule has 36 heavy (non-hydrogen) atoms. The molecule has 2 heterocycles. The van der Waals surface area contributed by atoms with E-state index >= 15 is 0 Å². The number of halogens is 1. The Bertz CT molecular complexity index is 1530. The molecule has 0 spiro atoms. The van der Waals surface area contributed by atoms with Crippen LogP contribution >= 0.6 is 0 Å². The molecule has 0 aliphatic rings. The van der Waals surface area contributed by atoms with Crippen molar-refractivity contribution in [1.29, 1.82) is 0 Å². The highest BCUT2D eigenvalue weighted by atomic mass is 19.1. The van der Waals surface area contributed by atoms with E-state index in [1.807, 2.05) is 55.5 Å². The van der Waals surface area contributed by atoms with Gasteiger partial charge in [-0.2, -0.15) is 5.10 Å². The Morgan fingerprint density at radius 3 is 2.33 bits per heavy atom. The number of hydrogen-bond donors (Lipinski definition) is 2. The van der Waals surface area contributed by atoms with Crippen LogP contribution in [0.15, 0.2) is 97.3 Å². The van der Waals surface area contributed by atoms with E-state index in [2.05, 4.69) is 20.7 Å². The lowest BCUT2D eigenvalue weighted by Gasteiger charge is -2.15. The number of carbonyl (C=O) groups is 2. The molecule has 8 heteroatoms. The molecule has 1 atom stereocenters. The van der Waals surface area contributed by atoms with Gasteiger partial charge < -0.3 is 10.6 Å². The maximum absolute atomic E-state index is 13.1. The molecule has 0 bridgehead atoms. The van der Waals surface area contributed by atoms with E-state index in [9.17, 15) is 14.0 Å². The first kappa shape index (κ1) is 22.9. The van der Waals surface area contributed by atoms with Crippen LogP contribution in [-0.4, -0.2) is 26.4 Å². The molecule has 0 radical (unpaired) electrons. The minimum Gasteiger partial charge on any atom is -0.345 e. The molecule has 0 fully saturated rings. The molecule has 0 aliphatic heterocycles. The van der Waals surface area contributed by atoms with Crippen LogP contribution in [0.1, 0.15) is 39.2 Å². The summed E-state index contributed by atoms with van der Waals surface area (Å²) >= 11 is 0. The molecule has 2 N–H and O–H groups in total. The van der Waals surface area contributed by atoms with Crippen molar-refractivity contribution in [2.45, 2.75) is 13.0 Å². The predicted molar refractivity (Wildman–Crippen MR) is 135 cm³/mol. The van der Waals surface area contributed by atoms with Gasteiger partial charge in [0, 0.05) is 23.0 Å². The van der Waals surface area contributed by atoms with E-state index in [0.717, 1.165) is 16.8 Å². The van der Waals surface area contributed by atoms with Gasteiger partial charge in [0.1, 0.15) is 11.4 Å². The van der Waals surface area contributed by atoms with Crippen molar-refractivity contribution in [3.8, 4) is 11.3 Å². The minimum absolute atomic E-state index is 0.288. The number of amides is 2. The average molecular weight is 480 g/mol.